The Morgan fingerprint density at radius 2 is 1.95 bits per heavy atom. The van der Waals surface area contributed by atoms with Gasteiger partial charge in [0.2, 0.25) is 5.91 Å². The Morgan fingerprint density at radius 3 is 2.45 bits per heavy atom. The molecule has 1 heterocycles. The lowest BCUT2D eigenvalue weighted by molar-refractivity contribution is -0.123. The van der Waals surface area contributed by atoms with Gasteiger partial charge in [0, 0.05) is 38.3 Å². The van der Waals surface area contributed by atoms with Crippen LogP contribution in [0.25, 0.3) is 0 Å². The number of nitrogens with one attached hydrogen (secondary N) is 1. The summed E-state index contributed by atoms with van der Waals surface area (Å²) in [6.45, 7) is 11.7. The van der Waals surface area contributed by atoms with Crippen molar-refractivity contribution in [3.05, 3.63) is 0 Å². The number of hydrogen-bond donors (Lipinski definition) is 2. The maximum Gasteiger partial charge on any atom is 0.410 e. The van der Waals surface area contributed by atoms with Crippen molar-refractivity contribution >= 4 is 12.0 Å². The topological polar surface area (TPSA) is 87.9 Å². The highest BCUT2D eigenvalue weighted by molar-refractivity contribution is 5.78. The lowest BCUT2D eigenvalue weighted by Crippen LogP contribution is -2.59. The molecule has 1 aliphatic heterocycles. The summed E-state index contributed by atoms with van der Waals surface area (Å²) >= 11 is 0. The van der Waals surface area contributed by atoms with E-state index in [-0.39, 0.29) is 24.1 Å². The van der Waals surface area contributed by atoms with Gasteiger partial charge in [-0.15, -0.1) is 0 Å². The molecule has 1 unspecified atom stereocenters. The molecule has 0 aromatic rings. The second-order valence-corrected chi connectivity index (χ2v) is 7.01. The van der Waals surface area contributed by atoms with E-state index >= 15 is 0 Å². The quantitative estimate of drug-likeness (QED) is 0.784. The van der Waals surface area contributed by atoms with Crippen molar-refractivity contribution in [2.75, 3.05) is 32.7 Å². The highest BCUT2D eigenvalue weighted by atomic mass is 16.6. The fourth-order valence-electron chi connectivity index (χ4n) is 2.37. The lowest BCUT2D eigenvalue weighted by Gasteiger charge is -2.40. The summed E-state index contributed by atoms with van der Waals surface area (Å²) < 4.78 is 5.39. The zero-order valence-electron chi connectivity index (χ0n) is 14.4. The number of piperazine rings is 1. The van der Waals surface area contributed by atoms with Gasteiger partial charge in [0.25, 0.3) is 0 Å². The first-order valence-corrected chi connectivity index (χ1v) is 7.83. The van der Waals surface area contributed by atoms with Crippen LogP contribution in [0.3, 0.4) is 0 Å². The fraction of sp³-hybridized carbons (Fsp3) is 0.867. The van der Waals surface area contributed by atoms with E-state index in [9.17, 15) is 9.59 Å². The van der Waals surface area contributed by atoms with Gasteiger partial charge >= 0.3 is 6.09 Å². The Hall–Kier alpha value is -1.34. The number of nitrogens with zero attached hydrogens (tertiary/aromatic N) is 2. The Bertz CT molecular complexity index is 393. The average Bonchev–Trinajstić information content (AvgIpc) is 2.35. The van der Waals surface area contributed by atoms with Crippen LogP contribution in [-0.2, 0) is 9.53 Å². The first kappa shape index (κ1) is 18.7. The number of carbonyl (C=O) groups is 2. The predicted molar refractivity (Wildman–Crippen MR) is 85.5 cm³/mol. The molecule has 22 heavy (non-hydrogen) atoms. The highest BCUT2D eigenvalue weighted by Gasteiger charge is 2.32. The van der Waals surface area contributed by atoms with E-state index in [1.165, 1.54) is 0 Å². The molecular formula is C15H30N4O3. The number of amides is 2. The maximum absolute atomic E-state index is 12.1. The highest BCUT2D eigenvalue weighted by Crippen LogP contribution is 2.14. The van der Waals surface area contributed by atoms with E-state index in [0.29, 0.717) is 32.7 Å². The predicted octanol–water partition coefficient (Wildman–Crippen LogP) is 0.391. The Kier molecular flexibility index (Phi) is 6.62. The Morgan fingerprint density at radius 1 is 1.32 bits per heavy atom. The zero-order valence-corrected chi connectivity index (χ0v) is 14.4. The molecule has 0 radical (unpaired) electrons. The molecule has 1 rings (SSSR count). The summed E-state index contributed by atoms with van der Waals surface area (Å²) in [5, 5.41) is 2.87. The van der Waals surface area contributed by atoms with Crippen LogP contribution < -0.4 is 11.1 Å². The molecule has 2 amide bonds. The molecule has 1 aliphatic rings. The number of ether oxygens (including phenoxy) is 1. The largest absolute Gasteiger partial charge is 0.444 e. The summed E-state index contributed by atoms with van der Waals surface area (Å²) in [5.74, 6) is -0.0147. The van der Waals surface area contributed by atoms with Gasteiger partial charge in [0.1, 0.15) is 5.60 Å². The first-order chi connectivity index (χ1) is 10.1. The molecule has 0 aliphatic carbocycles. The molecule has 0 spiro atoms. The second kappa shape index (κ2) is 7.78. The molecule has 1 atom stereocenters. The molecule has 1 saturated heterocycles. The molecule has 128 valence electrons. The van der Waals surface area contributed by atoms with Crippen LogP contribution >= 0.6 is 0 Å². The van der Waals surface area contributed by atoms with Gasteiger partial charge in [-0.25, -0.2) is 4.79 Å². The van der Waals surface area contributed by atoms with Crippen molar-refractivity contribution in [3.8, 4) is 0 Å². The summed E-state index contributed by atoms with van der Waals surface area (Å²) in [4.78, 5) is 27.7. The van der Waals surface area contributed by atoms with E-state index in [0.717, 1.165) is 0 Å². The summed E-state index contributed by atoms with van der Waals surface area (Å²) in [6, 6.07) is 0.0889. The standard InChI is InChI=1S/C15H30N4O3/c1-11(2)17-13(20)10-18-6-7-19(9-12(18)8-16)14(21)22-15(3,4)5/h11-12H,6-10,16H2,1-5H3,(H,17,20). The van der Waals surface area contributed by atoms with Crippen molar-refractivity contribution in [1.29, 1.82) is 0 Å². The lowest BCUT2D eigenvalue weighted by atomic mass is 10.1. The molecule has 0 bridgehead atoms. The second-order valence-electron chi connectivity index (χ2n) is 7.01. The van der Waals surface area contributed by atoms with Crippen LogP contribution in [0.15, 0.2) is 0 Å². The SMILES string of the molecule is CC(C)NC(=O)CN1CCN(C(=O)OC(C)(C)C)CC1CN. The number of nitrogens with two attached hydrogens (primary N) is 1. The van der Waals surface area contributed by atoms with Gasteiger partial charge in [-0.05, 0) is 34.6 Å². The zero-order chi connectivity index (χ0) is 16.9. The van der Waals surface area contributed by atoms with Crippen LogP contribution in [0.2, 0.25) is 0 Å². The Balaban J connectivity index is 2.56. The first-order valence-electron chi connectivity index (χ1n) is 7.83. The fourth-order valence-corrected chi connectivity index (χ4v) is 2.37. The molecular weight excluding hydrogens is 284 g/mol. The van der Waals surface area contributed by atoms with Crippen LogP contribution in [0.4, 0.5) is 4.79 Å². The summed E-state index contributed by atoms with van der Waals surface area (Å²) in [6.07, 6.45) is -0.322. The third-order valence-corrected chi connectivity index (χ3v) is 3.32. The molecule has 7 heteroatoms. The van der Waals surface area contributed by atoms with Crippen LogP contribution in [0.5, 0.6) is 0 Å². The number of rotatable bonds is 4. The minimum atomic E-state index is -0.510. The maximum atomic E-state index is 12.1. The third-order valence-electron chi connectivity index (χ3n) is 3.32. The van der Waals surface area contributed by atoms with Crippen molar-refractivity contribution in [2.45, 2.75) is 52.3 Å². The molecule has 0 saturated carbocycles. The summed E-state index contributed by atoms with van der Waals surface area (Å²) in [5.41, 5.74) is 5.30. The monoisotopic (exact) mass is 314 g/mol. The van der Waals surface area contributed by atoms with Crippen molar-refractivity contribution < 1.29 is 14.3 Å². The number of hydrogen-bond acceptors (Lipinski definition) is 5. The van der Waals surface area contributed by atoms with Crippen molar-refractivity contribution in [3.63, 3.8) is 0 Å². The molecule has 1 fully saturated rings. The van der Waals surface area contributed by atoms with E-state index in [1.807, 2.05) is 39.5 Å². The molecule has 3 N–H and O–H groups in total. The van der Waals surface area contributed by atoms with E-state index in [1.54, 1.807) is 4.90 Å². The average molecular weight is 314 g/mol. The van der Waals surface area contributed by atoms with Gasteiger partial charge in [0.15, 0.2) is 0 Å². The minimum Gasteiger partial charge on any atom is -0.444 e. The summed E-state index contributed by atoms with van der Waals surface area (Å²) in [7, 11) is 0. The van der Waals surface area contributed by atoms with Crippen LogP contribution in [-0.4, -0.2) is 72.2 Å². The van der Waals surface area contributed by atoms with Crippen LogP contribution in [0.1, 0.15) is 34.6 Å². The van der Waals surface area contributed by atoms with Crippen molar-refractivity contribution in [1.82, 2.24) is 15.1 Å². The molecule has 0 aromatic carbocycles. The molecule has 7 nitrogen and oxygen atoms in total. The third kappa shape index (κ3) is 6.19. The van der Waals surface area contributed by atoms with Crippen LogP contribution in [0, 0.1) is 0 Å². The minimum absolute atomic E-state index is 0.0147. The number of carbonyl (C=O) groups excluding carboxylic acids is 2. The van der Waals surface area contributed by atoms with Gasteiger partial charge in [-0.3, -0.25) is 9.69 Å². The van der Waals surface area contributed by atoms with Gasteiger partial charge in [-0.2, -0.15) is 0 Å². The normalized spacial score (nSPS) is 20.1. The van der Waals surface area contributed by atoms with E-state index in [2.05, 4.69) is 5.32 Å². The Labute approximate surface area is 133 Å². The van der Waals surface area contributed by atoms with E-state index < -0.39 is 5.60 Å². The van der Waals surface area contributed by atoms with Gasteiger partial charge in [-0.1, -0.05) is 0 Å². The van der Waals surface area contributed by atoms with Gasteiger partial charge in [0.05, 0.1) is 6.54 Å². The molecule has 0 aromatic heterocycles. The van der Waals surface area contributed by atoms with Crippen molar-refractivity contribution in [2.24, 2.45) is 5.73 Å². The van der Waals surface area contributed by atoms with Gasteiger partial charge < -0.3 is 20.7 Å². The smallest absolute Gasteiger partial charge is 0.410 e. The van der Waals surface area contributed by atoms with E-state index in [4.69, 9.17) is 10.5 Å².